The van der Waals surface area contributed by atoms with Gasteiger partial charge in [-0.1, -0.05) is 64.6 Å². The molecule has 0 fully saturated rings. The lowest BCUT2D eigenvalue weighted by Crippen LogP contribution is -2.06. The summed E-state index contributed by atoms with van der Waals surface area (Å²) in [5.41, 5.74) is 12.6. The summed E-state index contributed by atoms with van der Waals surface area (Å²) in [5.74, 6) is 0.912. The summed E-state index contributed by atoms with van der Waals surface area (Å²) < 4.78 is 0. The Morgan fingerprint density at radius 2 is 1.48 bits per heavy atom. The summed E-state index contributed by atoms with van der Waals surface area (Å²) in [5, 5.41) is 3.36. The van der Waals surface area contributed by atoms with E-state index in [1.807, 2.05) is 6.07 Å². The fourth-order valence-corrected chi connectivity index (χ4v) is 3.82. The molecule has 3 heteroatoms. The Hall–Kier alpha value is -2.52. The summed E-state index contributed by atoms with van der Waals surface area (Å²) in [6.45, 7) is 12.8. The molecule has 2 aromatic carbocycles. The average molecular weight is 377 g/mol. The third kappa shape index (κ3) is 4.42. The standard InChI is InChI=1S/C24H28N2S/c1-15(2)17(5)26-22-14-20(10-11-21(22)25)24-13-12-23(27-24)19-8-6-18(7-9-19)16(3)4/h6-16,26H,5,25H2,1-4H3. The van der Waals surface area contributed by atoms with Gasteiger partial charge in [0.25, 0.3) is 0 Å². The minimum atomic E-state index is 0.357. The molecule has 0 amide bonds. The smallest absolute Gasteiger partial charge is 0.0621 e. The quantitative estimate of drug-likeness (QED) is 0.441. The molecule has 27 heavy (non-hydrogen) atoms. The van der Waals surface area contributed by atoms with Crippen molar-refractivity contribution < 1.29 is 0 Å². The highest BCUT2D eigenvalue weighted by molar-refractivity contribution is 7.18. The first-order valence-electron chi connectivity index (χ1n) is 9.41. The van der Waals surface area contributed by atoms with Gasteiger partial charge in [-0.25, -0.2) is 0 Å². The van der Waals surface area contributed by atoms with Crippen LogP contribution in [-0.2, 0) is 0 Å². The van der Waals surface area contributed by atoms with Gasteiger partial charge in [-0.15, -0.1) is 11.3 Å². The van der Waals surface area contributed by atoms with Gasteiger partial charge in [0.05, 0.1) is 11.4 Å². The van der Waals surface area contributed by atoms with E-state index in [1.165, 1.54) is 26.4 Å². The van der Waals surface area contributed by atoms with Crippen molar-refractivity contribution in [2.45, 2.75) is 33.6 Å². The molecule has 0 spiro atoms. The van der Waals surface area contributed by atoms with Crippen molar-refractivity contribution >= 4 is 22.7 Å². The third-order valence-corrected chi connectivity index (χ3v) is 5.98. The SMILES string of the molecule is C=C(Nc1cc(-c2ccc(-c3ccc(C(C)C)cc3)s2)ccc1N)C(C)C. The summed E-state index contributed by atoms with van der Waals surface area (Å²) >= 11 is 1.80. The van der Waals surface area contributed by atoms with E-state index < -0.39 is 0 Å². The van der Waals surface area contributed by atoms with Crippen LogP contribution in [0.4, 0.5) is 11.4 Å². The molecule has 3 aromatic rings. The minimum Gasteiger partial charge on any atom is -0.397 e. The number of thiophene rings is 1. The van der Waals surface area contributed by atoms with Crippen molar-refractivity contribution in [2.24, 2.45) is 5.92 Å². The Morgan fingerprint density at radius 3 is 2.07 bits per heavy atom. The Labute approximate surface area is 166 Å². The van der Waals surface area contributed by atoms with Crippen molar-refractivity contribution in [3.8, 4) is 20.9 Å². The molecular weight excluding hydrogens is 348 g/mol. The third-order valence-electron chi connectivity index (χ3n) is 4.80. The van der Waals surface area contributed by atoms with Gasteiger partial charge >= 0.3 is 0 Å². The predicted octanol–water partition coefficient (Wildman–Crippen LogP) is 7.37. The molecule has 0 aliphatic heterocycles. The second-order valence-corrected chi connectivity index (χ2v) is 8.63. The van der Waals surface area contributed by atoms with Gasteiger partial charge in [0.2, 0.25) is 0 Å². The van der Waals surface area contributed by atoms with Gasteiger partial charge in [-0.3, -0.25) is 0 Å². The lowest BCUT2D eigenvalue weighted by atomic mass is 10.0. The molecule has 2 nitrogen and oxygen atoms in total. The molecule has 0 saturated carbocycles. The maximum atomic E-state index is 6.15. The first kappa shape index (κ1) is 19.2. The van der Waals surface area contributed by atoms with E-state index in [9.17, 15) is 0 Å². The largest absolute Gasteiger partial charge is 0.397 e. The molecule has 0 unspecified atom stereocenters. The molecule has 0 bridgehead atoms. The Morgan fingerprint density at radius 1 is 0.889 bits per heavy atom. The van der Waals surface area contributed by atoms with E-state index in [-0.39, 0.29) is 0 Å². The second-order valence-electron chi connectivity index (χ2n) is 7.55. The predicted molar refractivity (Wildman–Crippen MR) is 121 cm³/mol. The van der Waals surface area contributed by atoms with Crippen LogP contribution in [0.5, 0.6) is 0 Å². The van der Waals surface area contributed by atoms with Gasteiger partial charge in [0, 0.05) is 15.5 Å². The fraction of sp³-hybridized carbons (Fsp3) is 0.250. The molecule has 0 aliphatic carbocycles. The van der Waals surface area contributed by atoms with Crippen molar-refractivity contribution in [3.05, 3.63) is 72.4 Å². The highest BCUT2D eigenvalue weighted by Gasteiger charge is 2.09. The fourth-order valence-electron chi connectivity index (χ4n) is 2.82. The maximum Gasteiger partial charge on any atom is 0.0621 e. The van der Waals surface area contributed by atoms with Gasteiger partial charge < -0.3 is 11.1 Å². The van der Waals surface area contributed by atoms with E-state index >= 15 is 0 Å². The number of allylic oxidation sites excluding steroid dienone is 1. The highest BCUT2D eigenvalue weighted by atomic mass is 32.1. The van der Waals surface area contributed by atoms with Crippen LogP contribution >= 0.6 is 11.3 Å². The Bertz CT molecular complexity index is 933. The maximum absolute atomic E-state index is 6.15. The number of nitrogen functional groups attached to an aromatic ring is 1. The van der Waals surface area contributed by atoms with Crippen molar-refractivity contribution in [2.75, 3.05) is 11.1 Å². The number of benzene rings is 2. The lowest BCUT2D eigenvalue weighted by Gasteiger charge is -2.15. The van der Waals surface area contributed by atoms with Crippen LogP contribution in [0.15, 0.2) is 66.9 Å². The summed E-state index contributed by atoms with van der Waals surface area (Å²) in [6.07, 6.45) is 0. The molecule has 3 rings (SSSR count). The number of nitrogens with one attached hydrogen (secondary N) is 1. The molecule has 1 aromatic heterocycles. The monoisotopic (exact) mass is 376 g/mol. The van der Waals surface area contributed by atoms with E-state index in [4.69, 9.17) is 5.73 Å². The van der Waals surface area contributed by atoms with Crippen molar-refractivity contribution in [1.82, 2.24) is 0 Å². The first-order valence-corrected chi connectivity index (χ1v) is 10.2. The number of rotatable bonds is 6. The van der Waals surface area contributed by atoms with Crippen molar-refractivity contribution in [3.63, 3.8) is 0 Å². The van der Waals surface area contributed by atoms with Crippen LogP contribution in [0.2, 0.25) is 0 Å². The van der Waals surface area contributed by atoms with E-state index in [0.717, 1.165) is 17.1 Å². The lowest BCUT2D eigenvalue weighted by molar-refractivity contribution is 0.778. The zero-order chi connectivity index (χ0) is 19.6. The van der Waals surface area contributed by atoms with Crippen LogP contribution in [0, 0.1) is 5.92 Å². The van der Waals surface area contributed by atoms with E-state index in [1.54, 1.807) is 11.3 Å². The number of nitrogens with two attached hydrogens (primary N) is 1. The van der Waals surface area contributed by atoms with Crippen LogP contribution in [0.25, 0.3) is 20.9 Å². The summed E-state index contributed by atoms with van der Waals surface area (Å²) in [6, 6.07) is 19.4. The van der Waals surface area contributed by atoms with Crippen LogP contribution < -0.4 is 11.1 Å². The number of anilines is 2. The minimum absolute atomic E-state index is 0.357. The Kier molecular flexibility index (Phi) is 5.71. The normalized spacial score (nSPS) is 11.2. The summed E-state index contributed by atoms with van der Waals surface area (Å²) in [4.78, 5) is 2.51. The van der Waals surface area contributed by atoms with Gasteiger partial charge in [-0.05, 0) is 52.8 Å². The molecule has 3 N–H and O–H groups in total. The highest BCUT2D eigenvalue weighted by Crippen LogP contribution is 2.37. The van der Waals surface area contributed by atoms with Gasteiger partial charge in [0.15, 0.2) is 0 Å². The van der Waals surface area contributed by atoms with Crippen molar-refractivity contribution in [1.29, 1.82) is 0 Å². The zero-order valence-corrected chi connectivity index (χ0v) is 17.4. The average Bonchev–Trinajstić information content (AvgIpc) is 3.13. The van der Waals surface area contributed by atoms with Gasteiger partial charge in [-0.2, -0.15) is 0 Å². The van der Waals surface area contributed by atoms with Crippen LogP contribution in [0.3, 0.4) is 0 Å². The summed E-state index contributed by atoms with van der Waals surface area (Å²) in [7, 11) is 0. The number of hydrogen-bond acceptors (Lipinski definition) is 3. The zero-order valence-electron chi connectivity index (χ0n) is 16.5. The number of hydrogen-bond donors (Lipinski definition) is 2. The molecule has 0 aliphatic rings. The Balaban J connectivity index is 1.86. The molecule has 140 valence electrons. The molecular formula is C24H28N2S. The van der Waals surface area contributed by atoms with E-state index in [2.05, 4.69) is 88.1 Å². The molecule has 0 radical (unpaired) electrons. The molecule has 1 heterocycles. The van der Waals surface area contributed by atoms with E-state index in [0.29, 0.717) is 11.8 Å². The van der Waals surface area contributed by atoms with Gasteiger partial charge in [0.1, 0.15) is 0 Å². The van der Waals surface area contributed by atoms with Crippen LogP contribution in [-0.4, -0.2) is 0 Å². The second kappa shape index (κ2) is 8.01. The molecule has 0 saturated heterocycles. The molecule has 0 atom stereocenters. The topological polar surface area (TPSA) is 38.0 Å². The first-order chi connectivity index (χ1) is 12.8. The van der Waals surface area contributed by atoms with Crippen LogP contribution in [0.1, 0.15) is 39.2 Å².